The van der Waals surface area contributed by atoms with E-state index >= 15 is 0 Å². The van der Waals surface area contributed by atoms with Crippen LogP contribution in [0.2, 0.25) is 0 Å². The van der Waals surface area contributed by atoms with Crippen molar-refractivity contribution >= 4 is 21.6 Å². The van der Waals surface area contributed by atoms with E-state index in [1.165, 1.54) is 6.42 Å². The number of alkyl halides is 1. The monoisotopic (exact) mass is 243 g/mol. The highest BCUT2D eigenvalue weighted by atomic mass is 79.9. The van der Waals surface area contributed by atoms with Crippen LogP contribution in [0, 0.1) is 0 Å². The Balaban J connectivity index is 2.25. The lowest BCUT2D eigenvalue weighted by Crippen LogP contribution is -2.00. The van der Waals surface area contributed by atoms with Gasteiger partial charge in [0.2, 0.25) is 0 Å². The molecule has 3 heteroatoms. The van der Waals surface area contributed by atoms with Crippen molar-refractivity contribution in [2.45, 2.75) is 12.8 Å². The molecule has 0 saturated carbocycles. The highest BCUT2D eigenvalue weighted by Crippen LogP contribution is 2.13. The number of hydrogen-bond acceptors (Lipinski definition) is 2. The highest BCUT2D eigenvalue weighted by molar-refractivity contribution is 9.09. The Kier molecular flexibility index (Phi) is 4.68. The topological polar surface area (TPSA) is 32.3 Å². The van der Waals surface area contributed by atoms with Crippen LogP contribution < -0.4 is 5.32 Å². The maximum atomic E-state index is 9.03. The number of nitrogens with one attached hydrogen (secondary N) is 1. The summed E-state index contributed by atoms with van der Waals surface area (Å²) in [5.74, 6) is 0.311. The van der Waals surface area contributed by atoms with Crippen LogP contribution in [0.3, 0.4) is 0 Å². The SMILES string of the molecule is Oc1ccc(NCCCCBr)cc1. The smallest absolute Gasteiger partial charge is 0.115 e. The molecule has 0 atom stereocenters. The van der Waals surface area contributed by atoms with Crippen molar-refractivity contribution in [3.63, 3.8) is 0 Å². The molecule has 0 bridgehead atoms. The average Bonchev–Trinajstić information content (AvgIpc) is 2.15. The fourth-order valence-corrected chi connectivity index (χ4v) is 1.43. The van der Waals surface area contributed by atoms with Crippen molar-refractivity contribution in [1.82, 2.24) is 0 Å². The second kappa shape index (κ2) is 5.86. The van der Waals surface area contributed by atoms with Crippen molar-refractivity contribution in [1.29, 1.82) is 0 Å². The number of benzene rings is 1. The Morgan fingerprint density at radius 3 is 2.46 bits per heavy atom. The molecule has 1 aromatic rings. The van der Waals surface area contributed by atoms with Crippen LogP contribution in [0.1, 0.15) is 12.8 Å². The first kappa shape index (κ1) is 10.4. The summed E-state index contributed by atoms with van der Waals surface area (Å²) in [6.45, 7) is 0.983. The number of phenolic OH excluding ortho intramolecular Hbond substituents is 1. The summed E-state index contributed by atoms with van der Waals surface area (Å²) in [5.41, 5.74) is 1.06. The predicted octanol–water partition coefficient (Wildman–Crippen LogP) is 2.98. The maximum Gasteiger partial charge on any atom is 0.115 e. The van der Waals surface area contributed by atoms with Gasteiger partial charge in [-0.2, -0.15) is 0 Å². The van der Waals surface area contributed by atoms with Gasteiger partial charge in [-0.15, -0.1) is 0 Å². The second-order valence-corrected chi connectivity index (χ2v) is 3.66. The molecular weight excluding hydrogens is 230 g/mol. The summed E-state index contributed by atoms with van der Waals surface area (Å²) in [5, 5.41) is 13.4. The van der Waals surface area contributed by atoms with E-state index in [-0.39, 0.29) is 0 Å². The summed E-state index contributed by atoms with van der Waals surface area (Å²) >= 11 is 3.38. The van der Waals surface area contributed by atoms with E-state index < -0.39 is 0 Å². The molecule has 2 nitrogen and oxygen atoms in total. The van der Waals surface area contributed by atoms with Gasteiger partial charge in [-0.05, 0) is 37.1 Å². The lowest BCUT2D eigenvalue weighted by molar-refractivity contribution is 0.475. The van der Waals surface area contributed by atoms with Crippen molar-refractivity contribution in [3.05, 3.63) is 24.3 Å². The van der Waals surface area contributed by atoms with Crippen LogP contribution in [0.25, 0.3) is 0 Å². The molecule has 0 aliphatic rings. The van der Waals surface area contributed by atoms with E-state index in [2.05, 4.69) is 21.2 Å². The molecule has 0 heterocycles. The molecule has 72 valence electrons. The third-order valence-electron chi connectivity index (χ3n) is 1.76. The minimum Gasteiger partial charge on any atom is -0.508 e. The number of halogens is 1. The number of unbranched alkanes of at least 4 members (excludes halogenated alkanes) is 1. The van der Waals surface area contributed by atoms with Crippen LogP contribution in [0.5, 0.6) is 5.75 Å². The van der Waals surface area contributed by atoms with Crippen LogP contribution >= 0.6 is 15.9 Å². The Hall–Kier alpha value is -0.700. The second-order valence-electron chi connectivity index (χ2n) is 2.87. The van der Waals surface area contributed by atoms with Gasteiger partial charge in [0.05, 0.1) is 0 Å². The van der Waals surface area contributed by atoms with Gasteiger partial charge >= 0.3 is 0 Å². The van der Waals surface area contributed by atoms with E-state index in [1.807, 2.05) is 12.1 Å². The van der Waals surface area contributed by atoms with Crippen LogP contribution in [0.15, 0.2) is 24.3 Å². The van der Waals surface area contributed by atoms with E-state index in [4.69, 9.17) is 5.11 Å². The van der Waals surface area contributed by atoms with Gasteiger partial charge in [-0.3, -0.25) is 0 Å². The van der Waals surface area contributed by atoms with Crippen LogP contribution in [-0.4, -0.2) is 17.0 Å². The van der Waals surface area contributed by atoms with Gasteiger partial charge in [0.25, 0.3) is 0 Å². The lowest BCUT2D eigenvalue weighted by atomic mass is 10.3. The van der Waals surface area contributed by atoms with Gasteiger partial charge in [0.1, 0.15) is 5.75 Å². The van der Waals surface area contributed by atoms with Crippen molar-refractivity contribution < 1.29 is 5.11 Å². The summed E-state index contributed by atoms with van der Waals surface area (Å²) in [4.78, 5) is 0. The molecule has 0 fully saturated rings. The molecule has 1 aromatic carbocycles. The summed E-state index contributed by atoms with van der Waals surface area (Å²) in [7, 11) is 0. The quantitative estimate of drug-likeness (QED) is 0.474. The van der Waals surface area contributed by atoms with E-state index in [9.17, 15) is 0 Å². The predicted molar refractivity (Wildman–Crippen MR) is 59.6 cm³/mol. The molecule has 0 aliphatic heterocycles. The van der Waals surface area contributed by atoms with Gasteiger partial charge in [0, 0.05) is 17.6 Å². The molecule has 0 aliphatic carbocycles. The fraction of sp³-hybridized carbons (Fsp3) is 0.400. The summed E-state index contributed by atoms with van der Waals surface area (Å²) in [6, 6.07) is 7.13. The molecule has 0 spiro atoms. The molecule has 1 rings (SSSR count). The molecule has 13 heavy (non-hydrogen) atoms. The summed E-state index contributed by atoms with van der Waals surface area (Å²) < 4.78 is 0. The Bertz CT molecular complexity index is 235. The number of aromatic hydroxyl groups is 1. The molecule has 2 N–H and O–H groups in total. The zero-order valence-corrected chi connectivity index (χ0v) is 9.05. The minimum atomic E-state index is 0.311. The summed E-state index contributed by atoms with van der Waals surface area (Å²) in [6.07, 6.45) is 2.34. The molecule has 0 amide bonds. The normalized spacial score (nSPS) is 9.92. The van der Waals surface area contributed by atoms with Gasteiger partial charge < -0.3 is 10.4 Å². The molecule has 0 radical (unpaired) electrons. The van der Waals surface area contributed by atoms with Gasteiger partial charge in [-0.1, -0.05) is 15.9 Å². The highest BCUT2D eigenvalue weighted by Gasteiger charge is 1.91. The Morgan fingerprint density at radius 1 is 1.15 bits per heavy atom. The average molecular weight is 244 g/mol. The Morgan fingerprint density at radius 2 is 1.85 bits per heavy atom. The standard InChI is InChI=1S/C10H14BrNO/c11-7-1-2-8-12-9-3-5-10(13)6-4-9/h3-6,12-13H,1-2,7-8H2. The molecule has 0 unspecified atom stereocenters. The zero-order valence-electron chi connectivity index (χ0n) is 7.46. The van der Waals surface area contributed by atoms with E-state index in [0.29, 0.717) is 5.75 Å². The first-order valence-electron chi connectivity index (χ1n) is 4.42. The lowest BCUT2D eigenvalue weighted by Gasteiger charge is -2.04. The van der Waals surface area contributed by atoms with E-state index in [0.717, 1.165) is 24.0 Å². The largest absolute Gasteiger partial charge is 0.508 e. The Labute approximate surface area is 87.1 Å². The first-order valence-corrected chi connectivity index (χ1v) is 5.54. The van der Waals surface area contributed by atoms with Gasteiger partial charge in [0.15, 0.2) is 0 Å². The zero-order chi connectivity index (χ0) is 9.52. The van der Waals surface area contributed by atoms with Crippen molar-refractivity contribution in [2.24, 2.45) is 0 Å². The minimum absolute atomic E-state index is 0.311. The molecule has 0 aromatic heterocycles. The number of anilines is 1. The number of phenols is 1. The third-order valence-corrected chi connectivity index (χ3v) is 2.32. The molecule has 0 saturated heterocycles. The first-order chi connectivity index (χ1) is 6.33. The third kappa shape index (κ3) is 4.18. The van der Waals surface area contributed by atoms with Crippen LogP contribution in [-0.2, 0) is 0 Å². The van der Waals surface area contributed by atoms with Crippen molar-refractivity contribution in [2.75, 3.05) is 17.2 Å². The maximum absolute atomic E-state index is 9.03. The number of hydrogen-bond donors (Lipinski definition) is 2. The van der Waals surface area contributed by atoms with Gasteiger partial charge in [-0.25, -0.2) is 0 Å². The van der Waals surface area contributed by atoms with E-state index in [1.54, 1.807) is 12.1 Å². The molecular formula is C10H14BrNO. The van der Waals surface area contributed by atoms with Crippen molar-refractivity contribution in [3.8, 4) is 5.75 Å². The fourth-order valence-electron chi connectivity index (χ4n) is 1.03. The number of rotatable bonds is 5. The van der Waals surface area contributed by atoms with Crippen LogP contribution in [0.4, 0.5) is 5.69 Å².